The zero-order valence-electron chi connectivity index (χ0n) is 5.33. The number of nitrogen functional groups attached to an aromatic ring is 3. The van der Waals surface area contributed by atoms with E-state index >= 15 is 0 Å². The van der Waals surface area contributed by atoms with Gasteiger partial charge in [0.05, 0.1) is 17.1 Å². The Kier molecular flexibility index (Phi) is 1.63. The summed E-state index contributed by atoms with van der Waals surface area (Å²) >= 11 is 4.05. The first kappa shape index (κ1) is 7.08. The minimum atomic E-state index is 0.410. The Balaban J connectivity index is 3.34. The molecule has 0 fully saturated rings. The zero-order valence-corrected chi connectivity index (χ0v) is 6.23. The van der Waals surface area contributed by atoms with Gasteiger partial charge < -0.3 is 17.2 Å². The molecule has 6 N–H and O–H groups in total. The van der Waals surface area contributed by atoms with E-state index in [4.69, 9.17) is 17.2 Å². The predicted octanol–water partition coefficient (Wildman–Crippen LogP) is 0.722. The van der Waals surface area contributed by atoms with Crippen molar-refractivity contribution in [3.05, 3.63) is 12.1 Å². The first-order valence-electron chi connectivity index (χ1n) is 2.75. The first-order chi connectivity index (χ1) is 4.63. The molecule has 1 aromatic carbocycles. The van der Waals surface area contributed by atoms with Gasteiger partial charge in [-0.15, -0.1) is 12.6 Å². The standard InChI is InChI=1S/C6H9N3S/c7-3-1-2-4(10)6(9)5(3)8/h1-2,10H,7-9H2. The highest BCUT2D eigenvalue weighted by Crippen LogP contribution is 2.27. The topological polar surface area (TPSA) is 78.1 Å². The van der Waals surface area contributed by atoms with Gasteiger partial charge in [-0.1, -0.05) is 0 Å². The maximum atomic E-state index is 5.50. The molecule has 10 heavy (non-hydrogen) atoms. The molecule has 0 bridgehead atoms. The lowest BCUT2D eigenvalue weighted by Crippen LogP contribution is -2.00. The Hall–Kier alpha value is -1.03. The number of thiol groups is 1. The molecule has 0 saturated heterocycles. The van der Waals surface area contributed by atoms with Crippen LogP contribution in [0.3, 0.4) is 0 Å². The van der Waals surface area contributed by atoms with Crippen LogP contribution in [0.2, 0.25) is 0 Å². The molecule has 0 heterocycles. The third kappa shape index (κ3) is 0.974. The van der Waals surface area contributed by atoms with E-state index in [-0.39, 0.29) is 0 Å². The summed E-state index contributed by atoms with van der Waals surface area (Å²) in [5.41, 5.74) is 17.8. The summed E-state index contributed by atoms with van der Waals surface area (Å²) in [5, 5.41) is 0. The molecule has 0 aliphatic rings. The number of hydrogen-bond donors (Lipinski definition) is 4. The Morgan fingerprint density at radius 1 is 1.00 bits per heavy atom. The van der Waals surface area contributed by atoms with Crippen LogP contribution in [-0.2, 0) is 0 Å². The van der Waals surface area contributed by atoms with E-state index in [2.05, 4.69) is 12.6 Å². The molecular formula is C6H9N3S. The second-order valence-electron chi connectivity index (χ2n) is 2.00. The van der Waals surface area contributed by atoms with Gasteiger partial charge in [0.25, 0.3) is 0 Å². The molecule has 3 nitrogen and oxygen atoms in total. The fourth-order valence-corrected chi connectivity index (χ4v) is 0.837. The average Bonchev–Trinajstić information content (AvgIpc) is 1.93. The lowest BCUT2D eigenvalue weighted by molar-refractivity contribution is 1.47. The van der Waals surface area contributed by atoms with Crippen LogP contribution in [0.4, 0.5) is 17.1 Å². The van der Waals surface area contributed by atoms with Gasteiger partial charge in [0.1, 0.15) is 0 Å². The highest BCUT2D eigenvalue weighted by molar-refractivity contribution is 7.80. The highest BCUT2D eigenvalue weighted by Gasteiger charge is 2.00. The second kappa shape index (κ2) is 2.30. The molecule has 1 rings (SSSR count). The van der Waals surface area contributed by atoms with Gasteiger partial charge in [-0.05, 0) is 12.1 Å². The largest absolute Gasteiger partial charge is 0.397 e. The molecule has 0 aliphatic heterocycles. The van der Waals surface area contributed by atoms with Crippen molar-refractivity contribution < 1.29 is 0 Å². The molecule has 0 aromatic heterocycles. The summed E-state index contributed by atoms with van der Waals surface area (Å²) in [5.74, 6) is 0. The van der Waals surface area contributed by atoms with Crippen LogP contribution in [0.1, 0.15) is 0 Å². The molecule has 0 atom stereocenters. The number of hydrogen-bond acceptors (Lipinski definition) is 4. The number of nitrogens with two attached hydrogens (primary N) is 3. The molecule has 0 spiro atoms. The van der Waals surface area contributed by atoms with Crippen LogP contribution in [0, 0.1) is 0 Å². The molecule has 0 aliphatic carbocycles. The highest BCUT2D eigenvalue weighted by atomic mass is 32.1. The van der Waals surface area contributed by atoms with Crippen LogP contribution in [-0.4, -0.2) is 0 Å². The molecular weight excluding hydrogens is 146 g/mol. The Labute approximate surface area is 64.6 Å². The van der Waals surface area contributed by atoms with E-state index in [1.54, 1.807) is 12.1 Å². The summed E-state index contributed by atoms with van der Waals surface area (Å²) in [6.07, 6.45) is 0. The van der Waals surface area contributed by atoms with Gasteiger partial charge >= 0.3 is 0 Å². The van der Waals surface area contributed by atoms with Gasteiger partial charge in [-0.25, -0.2) is 0 Å². The van der Waals surface area contributed by atoms with E-state index < -0.39 is 0 Å². The SMILES string of the molecule is Nc1ccc(S)c(N)c1N. The van der Waals surface area contributed by atoms with E-state index in [9.17, 15) is 0 Å². The van der Waals surface area contributed by atoms with Gasteiger partial charge in [-0.2, -0.15) is 0 Å². The van der Waals surface area contributed by atoms with Crippen molar-refractivity contribution in [2.75, 3.05) is 17.2 Å². The minimum Gasteiger partial charge on any atom is -0.397 e. The third-order valence-electron chi connectivity index (χ3n) is 1.30. The van der Waals surface area contributed by atoms with Gasteiger partial charge in [0, 0.05) is 4.90 Å². The van der Waals surface area contributed by atoms with Crippen LogP contribution < -0.4 is 17.2 Å². The molecule has 0 amide bonds. The van der Waals surface area contributed by atoms with Crippen LogP contribution >= 0.6 is 12.6 Å². The molecule has 4 heteroatoms. The summed E-state index contributed by atoms with van der Waals surface area (Å²) in [7, 11) is 0. The maximum absolute atomic E-state index is 5.50. The minimum absolute atomic E-state index is 0.410. The number of rotatable bonds is 0. The first-order valence-corrected chi connectivity index (χ1v) is 3.20. The molecule has 0 unspecified atom stereocenters. The van der Waals surface area contributed by atoms with Crippen molar-refractivity contribution in [3.63, 3.8) is 0 Å². The molecule has 1 aromatic rings. The van der Waals surface area contributed by atoms with Crippen molar-refractivity contribution >= 4 is 29.7 Å². The van der Waals surface area contributed by atoms with Gasteiger partial charge in [-0.3, -0.25) is 0 Å². The monoisotopic (exact) mass is 155 g/mol. The fraction of sp³-hybridized carbons (Fsp3) is 0. The van der Waals surface area contributed by atoms with Gasteiger partial charge in [0.15, 0.2) is 0 Å². The quantitative estimate of drug-likeness (QED) is 0.329. The Morgan fingerprint density at radius 3 is 2.10 bits per heavy atom. The summed E-state index contributed by atoms with van der Waals surface area (Å²) in [6.45, 7) is 0. The summed E-state index contributed by atoms with van der Waals surface area (Å²) < 4.78 is 0. The lowest BCUT2D eigenvalue weighted by atomic mass is 10.2. The van der Waals surface area contributed by atoms with Crippen molar-refractivity contribution in [2.24, 2.45) is 0 Å². The maximum Gasteiger partial charge on any atom is 0.0792 e. The molecule has 54 valence electrons. The van der Waals surface area contributed by atoms with E-state index in [0.29, 0.717) is 22.0 Å². The second-order valence-corrected chi connectivity index (χ2v) is 2.48. The average molecular weight is 155 g/mol. The summed E-state index contributed by atoms with van der Waals surface area (Å²) in [6, 6.07) is 3.39. The van der Waals surface area contributed by atoms with E-state index in [0.717, 1.165) is 0 Å². The predicted molar refractivity (Wildman–Crippen MR) is 46.9 cm³/mol. The normalized spacial score (nSPS) is 9.70. The van der Waals surface area contributed by atoms with Crippen molar-refractivity contribution in [2.45, 2.75) is 4.90 Å². The number of anilines is 3. The summed E-state index contributed by atoms with van der Waals surface area (Å²) in [4.78, 5) is 0.659. The number of benzene rings is 1. The van der Waals surface area contributed by atoms with Crippen molar-refractivity contribution in [1.82, 2.24) is 0 Å². The Bertz CT molecular complexity index is 232. The van der Waals surface area contributed by atoms with Crippen molar-refractivity contribution in [1.29, 1.82) is 0 Å². The lowest BCUT2D eigenvalue weighted by Gasteiger charge is -2.04. The van der Waals surface area contributed by atoms with Gasteiger partial charge in [0.2, 0.25) is 0 Å². The van der Waals surface area contributed by atoms with Crippen LogP contribution in [0.5, 0.6) is 0 Å². The fourth-order valence-electron chi connectivity index (χ4n) is 0.642. The van der Waals surface area contributed by atoms with E-state index in [1.165, 1.54) is 0 Å². The zero-order chi connectivity index (χ0) is 7.72. The van der Waals surface area contributed by atoms with Crippen LogP contribution in [0.25, 0.3) is 0 Å². The van der Waals surface area contributed by atoms with E-state index in [1.807, 2.05) is 0 Å². The van der Waals surface area contributed by atoms with Crippen LogP contribution in [0.15, 0.2) is 17.0 Å². The molecule has 0 saturated carbocycles. The molecule has 0 radical (unpaired) electrons. The smallest absolute Gasteiger partial charge is 0.0792 e. The Morgan fingerprint density at radius 2 is 1.60 bits per heavy atom. The third-order valence-corrected chi connectivity index (χ3v) is 1.69. The van der Waals surface area contributed by atoms with Crippen molar-refractivity contribution in [3.8, 4) is 0 Å².